The Morgan fingerprint density at radius 1 is 0.857 bits per heavy atom. The lowest BCUT2D eigenvalue weighted by atomic mass is 9.98. The number of rotatable bonds is 14. The van der Waals surface area contributed by atoms with Crippen LogP contribution in [0.5, 0.6) is 0 Å². The van der Waals surface area contributed by atoms with Crippen molar-refractivity contribution >= 4 is 23.5 Å². The van der Waals surface area contributed by atoms with Gasteiger partial charge in [0, 0.05) is 16.8 Å². The molecule has 0 fully saturated rings. The number of carbonyl (C=O) groups excluding carboxylic acids is 3. The molecule has 0 bridgehead atoms. The van der Waals surface area contributed by atoms with Gasteiger partial charge in [-0.3, -0.25) is 9.59 Å². The third-order valence-corrected chi connectivity index (χ3v) is 8.34. The predicted molar refractivity (Wildman–Crippen MR) is 169 cm³/mol. The highest BCUT2D eigenvalue weighted by molar-refractivity contribution is 6.04. The van der Waals surface area contributed by atoms with Crippen LogP contribution in [0.15, 0.2) is 66.7 Å². The van der Waals surface area contributed by atoms with Gasteiger partial charge < -0.3 is 15.0 Å². The van der Waals surface area contributed by atoms with Crippen LogP contribution in [0.2, 0.25) is 0 Å². The van der Waals surface area contributed by atoms with Gasteiger partial charge in [-0.2, -0.15) is 0 Å². The van der Waals surface area contributed by atoms with Crippen LogP contribution in [0.4, 0.5) is 5.69 Å². The normalized spacial score (nSPS) is 14.9. The molecule has 0 aliphatic carbocycles. The van der Waals surface area contributed by atoms with Gasteiger partial charge in [0.1, 0.15) is 6.04 Å². The maximum Gasteiger partial charge on any atom is 0.328 e. The third kappa shape index (κ3) is 7.28. The van der Waals surface area contributed by atoms with E-state index in [2.05, 4.69) is 24.4 Å². The summed E-state index contributed by atoms with van der Waals surface area (Å²) in [7, 11) is 1.35. The average molecular weight is 569 g/mol. The molecule has 0 radical (unpaired) electrons. The summed E-state index contributed by atoms with van der Waals surface area (Å²) >= 11 is 0. The molecule has 1 aliphatic heterocycles. The minimum Gasteiger partial charge on any atom is -0.467 e. The molecule has 3 aromatic rings. The van der Waals surface area contributed by atoms with E-state index in [-0.39, 0.29) is 17.9 Å². The molecule has 0 saturated heterocycles. The molecule has 222 valence electrons. The Kier molecular flexibility index (Phi) is 10.9. The Morgan fingerprint density at radius 2 is 1.50 bits per heavy atom. The third-order valence-electron chi connectivity index (χ3n) is 8.34. The Bertz CT molecular complexity index is 1360. The molecule has 2 atom stereocenters. The first-order valence-corrected chi connectivity index (χ1v) is 15.4. The molecule has 0 spiro atoms. The van der Waals surface area contributed by atoms with Crippen LogP contribution < -0.4 is 5.32 Å². The molecule has 0 aromatic heterocycles. The summed E-state index contributed by atoms with van der Waals surface area (Å²) in [6.07, 6.45) is 10.6. The highest BCUT2D eigenvalue weighted by Gasteiger charge is 2.41. The molecule has 6 nitrogen and oxygen atoms in total. The van der Waals surface area contributed by atoms with Crippen molar-refractivity contribution in [3.05, 3.63) is 89.0 Å². The van der Waals surface area contributed by atoms with Crippen LogP contribution in [-0.2, 0) is 16.0 Å². The zero-order chi connectivity index (χ0) is 30.1. The van der Waals surface area contributed by atoms with Gasteiger partial charge in [0.2, 0.25) is 0 Å². The van der Waals surface area contributed by atoms with E-state index < -0.39 is 12.0 Å². The van der Waals surface area contributed by atoms with Gasteiger partial charge in [0.25, 0.3) is 11.8 Å². The summed E-state index contributed by atoms with van der Waals surface area (Å²) in [6, 6.07) is 20.5. The van der Waals surface area contributed by atoms with E-state index in [0.717, 1.165) is 23.1 Å². The van der Waals surface area contributed by atoms with Crippen LogP contribution >= 0.6 is 0 Å². The van der Waals surface area contributed by atoms with E-state index in [1.54, 1.807) is 4.90 Å². The molecule has 2 amide bonds. The summed E-state index contributed by atoms with van der Waals surface area (Å²) < 4.78 is 4.94. The number of benzene rings is 3. The number of ether oxygens (including phenoxy) is 1. The molecule has 2 unspecified atom stereocenters. The zero-order valence-corrected chi connectivity index (χ0v) is 25.4. The van der Waals surface area contributed by atoms with E-state index in [0.29, 0.717) is 23.2 Å². The van der Waals surface area contributed by atoms with Gasteiger partial charge in [-0.05, 0) is 78.8 Å². The number of nitrogens with one attached hydrogen (secondary N) is 1. The lowest BCUT2D eigenvalue weighted by Crippen LogP contribution is -2.43. The minimum absolute atomic E-state index is 0.140. The van der Waals surface area contributed by atoms with Crippen molar-refractivity contribution in [2.45, 2.75) is 90.6 Å². The van der Waals surface area contributed by atoms with Gasteiger partial charge in [-0.1, -0.05) is 88.8 Å². The van der Waals surface area contributed by atoms with Crippen molar-refractivity contribution in [3.63, 3.8) is 0 Å². The summed E-state index contributed by atoms with van der Waals surface area (Å²) in [5.41, 5.74) is 5.96. The van der Waals surface area contributed by atoms with Crippen molar-refractivity contribution in [1.29, 1.82) is 0 Å². The molecule has 1 aliphatic rings. The monoisotopic (exact) mass is 568 g/mol. The van der Waals surface area contributed by atoms with E-state index >= 15 is 0 Å². The topological polar surface area (TPSA) is 75.7 Å². The molecule has 1 heterocycles. The van der Waals surface area contributed by atoms with Crippen LogP contribution in [0.3, 0.4) is 0 Å². The fraction of sp³-hybridized carbons (Fsp3) is 0.417. The van der Waals surface area contributed by atoms with Crippen molar-refractivity contribution < 1.29 is 19.1 Å². The summed E-state index contributed by atoms with van der Waals surface area (Å²) in [6.45, 7) is 6.06. The Hall–Kier alpha value is -3.93. The maximum absolute atomic E-state index is 13.3. The molecule has 0 saturated carbocycles. The fourth-order valence-electron chi connectivity index (χ4n) is 5.83. The number of hydrogen-bond acceptors (Lipinski definition) is 4. The molecular formula is C36H44N2O4. The van der Waals surface area contributed by atoms with Gasteiger partial charge in [-0.25, -0.2) is 4.79 Å². The minimum atomic E-state index is -0.613. The molecule has 1 N–H and O–H groups in total. The Labute approximate surface area is 250 Å². The number of hydrogen-bond donors (Lipinski definition) is 1. The lowest BCUT2D eigenvalue weighted by Gasteiger charge is -2.29. The highest BCUT2D eigenvalue weighted by Crippen LogP contribution is 2.38. The largest absolute Gasteiger partial charge is 0.467 e. The summed E-state index contributed by atoms with van der Waals surface area (Å²) in [5, 5.41) is 2.98. The molecular weight excluding hydrogens is 524 g/mol. The van der Waals surface area contributed by atoms with E-state index in [4.69, 9.17) is 4.74 Å². The quantitative estimate of drug-likeness (QED) is 0.157. The standard InChI is InChI=1S/C36H44N2O4/c1-5-7-8-9-10-11-12-13-26-14-16-28(17-15-26)34(39)37-30-21-18-27(19-22-30)29-20-23-31-25(3)38(35(40)32(31)24-29)33(6-2)36(41)42-4/h14-25,33H,5-13H2,1-4H3,(H,37,39). The average Bonchev–Trinajstić information content (AvgIpc) is 3.26. The number of nitrogens with zero attached hydrogens (tertiary/aromatic N) is 1. The van der Waals surface area contributed by atoms with Crippen molar-refractivity contribution in [2.75, 3.05) is 12.4 Å². The first kappa shape index (κ1) is 31.0. The van der Waals surface area contributed by atoms with Crippen LogP contribution in [0.25, 0.3) is 11.1 Å². The molecule has 4 rings (SSSR count). The Morgan fingerprint density at radius 3 is 2.14 bits per heavy atom. The first-order valence-electron chi connectivity index (χ1n) is 15.4. The zero-order valence-electron chi connectivity index (χ0n) is 25.4. The van der Waals surface area contributed by atoms with E-state index in [1.165, 1.54) is 57.6 Å². The fourth-order valence-corrected chi connectivity index (χ4v) is 5.83. The molecule has 6 heteroatoms. The Balaban J connectivity index is 1.34. The maximum atomic E-state index is 13.3. The second kappa shape index (κ2) is 14.8. The van der Waals surface area contributed by atoms with Crippen molar-refractivity contribution in [2.24, 2.45) is 0 Å². The lowest BCUT2D eigenvalue weighted by molar-refractivity contribution is -0.146. The number of methoxy groups -OCH3 is 1. The van der Waals surface area contributed by atoms with Gasteiger partial charge >= 0.3 is 5.97 Å². The first-order chi connectivity index (χ1) is 20.4. The van der Waals surface area contributed by atoms with E-state index in [9.17, 15) is 14.4 Å². The summed E-state index contributed by atoms with van der Waals surface area (Å²) in [5.74, 6) is -0.699. The highest BCUT2D eigenvalue weighted by atomic mass is 16.5. The number of amides is 2. The SMILES string of the molecule is CCCCCCCCCc1ccc(C(=O)Nc2ccc(-c3ccc4c(c3)C(=O)N(C(CC)C(=O)OC)C4C)cc2)cc1. The van der Waals surface area contributed by atoms with Gasteiger partial charge in [0.05, 0.1) is 13.2 Å². The second-order valence-electron chi connectivity index (χ2n) is 11.2. The second-order valence-corrected chi connectivity index (χ2v) is 11.2. The number of anilines is 1. The van der Waals surface area contributed by atoms with Crippen molar-refractivity contribution in [1.82, 2.24) is 4.90 Å². The van der Waals surface area contributed by atoms with Gasteiger partial charge in [-0.15, -0.1) is 0 Å². The summed E-state index contributed by atoms with van der Waals surface area (Å²) in [4.78, 5) is 40.1. The number of aryl methyl sites for hydroxylation is 1. The smallest absolute Gasteiger partial charge is 0.328 e. The molecule has 42 heavy (non-hydrogen) atoms. The molecule has 3 aromatic carbocycles. The number of fused-ring (bicyclic) bond motifs is 1. The number of carbonyl (C=O) groups is 3. The van der Waals surface area contributed by atoms with Crippen LogP contribution in [0.1, 0.15) is 110 Å². The number of unbranched alkanes of at least 4 members (excludes halogenated alkanes) is 6. The van der Waals surface area contributed by atoms with Crippen LogP contribution in [-0.4, -0.2) is 35.8 Å². The number of esters is 1. The van der Waals surface area contributed by atoms with Crippen LogP contribution in [0, 0.1) is 0 Å². The van der Waals surface area contributed by atoms with Crippen molar-refractivity contribution in [3.8, 4) is 11.1 Å². The van der Waals surface area contributed by atoms with Gasteiger partial charge in [0.15, 0.2) is 0 Å². The predicted octanol–water partition coefficient (Wildman–Crippen LogP) is 8.37. The van der Waals surface area contributed by atoms with E-state index in [1.807, 2.05) is 68.4 Å².